The van der Waals surface area contributed by atoms with Crippen LogP contribution in [0.4, 0.5) is 0 Å². The van der Waals surface area contributed by atoms with E-state index in [1.165, 1.54) is 6.39 Å². The summed E-state index contributed by atoms with van der Waals surface area (Å²) in [5, 5.41) is 0. The SMILES string of the molecule is CC1CCN(C(=O)c2ncoc2-c2ccccc2C(=O)N2CCCC2)CC1. The van der Waals surface area contributed by atoms with Crippen molar-refractivity contribution >= 4 is 11.8 Å². The fraction of sp³-hybridized carbons (Fsp3) is 0.476. The Labute approximate surface area is 159 Å². The number of nitrogens with zero attached hydrogens (tertiary/aromatic N) is 3. The van der Waals surface area contributed by atoms with E-state index in [-0.39, 0.29) is 11.8 Å². The summed E-state index contributed by atoms with van der Waals surface area (Å²) in [4.78, 5) is 33.9. The molecule has 0 atom stereocenters. The Kier molecular flexibility index (Phi) is 4.97. The smallest absolute Gasteiger partial charge is 0.276 e. The Morgan fingerprint density at radius 1 is 1.00 bits per heavy atom. The number of oxazole rings is 1. The van der Waals surface area contributed by atoms with Crippen LogP contribution in [0.3, 0.4) is 0 Å². The molecule has 0 saturated carbocycles. The Morgan fingerprint density at radius 2 is 1.67 bits per heavy atom. The van der Waals surface area contributed by atoms with Gasteiger partial charge in [-0.15, -0.1) is 0 Å². The predicted octanol–water partition coefficient (Wildman–Crippen LogP) is 3.45. The van der Waals surface area contributed by atoms with Gasteiger partial charge in [-0.05, 0) is 37.7 Å². The summed E-state index contributed by atoms with van der Waals surface area (Å²) in [6.45, 7) is 5.24. The molecule has 2 saturated heterocycles. The highest BCUT2D eigenvalue weighted by molar-refractivity contribution is 6.04. The van der Waals surface area contributed by atoms with Crippen molar-refractivity contribution in [1.29, 1.82) is 0 Å². The molecule has 2 aliphatic heterocycles. The molecule has 27 heavy (non-hydrogen) atoms. The number of benzene rings is 1. The second kappa shape index (κ2) is 7.55. The van der Waals surface area contributed by atoms with Crippen LogP contribution in [-0.4, -0.2) is 52.8 Å². The van der Waals surface area contributed by atoms with Crippen molar-refractivity contribution in [3.8, 4) is 11.3 Å². The Morgan fingerprint density at radius 3 is 2.41 bits per heavy atom. The van der Waals surface area contributed by atoms with Crippen LogP contribution in [0, 0.1) is 5.92 Å². The number of likely N-dealkylation sites (tertiary alicyclic amines) is 2. The van der Waals surface area contributed by atoms with E-state index in [1.807, 2.05) is 28.0 Å². The molecular weight excluding hydrogens is 342 g/mol. The molecule has 2 aliphatic rings. The van der Waals surface area contributed by atoms with E-state index in [9.17, 15) is 9.59 Å². The molecule has 6 nitrogen and oxygen atoms in total. The second-order valence-corrected chi connectivity index (χ2v) is 7.55. The van der Waals surface area contributed by atoms with Crippen molar-refractivity contribution in [3.63, 3.8) is 0 Å². The van der Waals surface area contributed by atoms with Crippen molar-refractivity contribution in [2.75, 3.05) is 26.2 Å². The summed E-state index contributed by atoms with van der Waals surface area (Å²) in [6, 6.07) is 7.33. The number of amides is 2. The van der Waals surface area contributed by atoms with Crippen molar-refractivity contribution in [2.45, 2.75) is 32.6 Å². The fourth-order valence-electron chi connectivity index (χ4n) is 3.91. The van der Waals surface area contributed by atoms with Gasteiger partial charge in [0, 0.05) is 31.7 Å². The molecule has 1 aromatic heterocycles. The highest BCUT2D eigenvalue weighted by atomic mass is 16.3. The lowest BCUT2D eigenvalue weighted by molar-refractivity contribution is 0.0691. The van der Waals surface area contributed by atoms with Crippen LogP contribution in [0.25, 0.3) is 11.3 Å². The highest BCUT2D eigenvalue weighted by Crippen LogP contribution is 2.30. The molecule has 0 N–H and O–H groups in total. The van der Waals surface area contributed by atoms with E-state index in [1.54, 1.807) is 6.07 Å². The lowest BCUT2D eigenvalue weighted by atomic mass is 9.98. The van der Waals surface area contributed by atoms with Gasteiger partial charge in [-0.25, -0.2) is 4.98 Å². The molecule has 6 heteroatoms. The zero-order chi connectivity index (χ0) is 18.8. The van der Waals surface area contributed by atoms with Gasteiger partial charge >= 0.3 is 0 Å². The van der Waals surface area contributed by atoms with Crippen LogP contribution >= 0.6 is 0 Å². The first-order valence-corrected chi connectivity index (χ1v) is 9.76. The third kappa shape index (κ3) is 3.48. The van der Waals surface area contributed by atoms with Gasteiger partial charge in [0.25, 0.3) is 11.8 Å². The number of piperidine rings is 1. The van der Waals surface area contributed by atoms with Crippen LogP contribution in [0.1, 0.15) is 53.5 Å². The number of carbonyl (C=O) groups excluding carboxylic acids is 2. The van der Waals surface area contributed by atoms with Crippen molar-refractivity contribution in [1.82, 2.24) is 14.8 Å². The lowest BCUT2D eigenvalue weighted by Gasteiger charge is -2.29. The Bertz CT molecular complexity index is 831. The standard InChI is InChI=1S/C21H25N3O3/c1-15-8-12-24(13-9-15)21(26)18-19(27-14-22-18)16-6-2-3-7-17(16)20(25)23-10-4-5-11-23/h2-3,6-7,14-15H,4-5,8-13H2,1H3. The van der Waals surface area contributed by atoms with E-state index in [0.717, 1.165) is 51.9 Å². The molecule has 0 radical (unpaired) electrons. The largest absolute Gasteiger partial charge is 0.443 e. The molecule has 4 rings (SSSR count). The minimum atomic E-state index is -0.117. The Balaban J connectivity index is 1.65. The minimum Gasteiger partial charge on any atom is -0.443 e. The van der Waals surface area contributed by atoms with Gasteiger partial charge < -0.3 is 14.2 Å². The third-order valence-corrected chi connectivity index (χ3v) is 5.64. The number of hydrogen-bond donors (Lipinski definition) is 0. The molecule has 2 fully saturated rings. The summed E-state index contributed by atoms with van der Waals surface area (Å²) >= 11 is 0. The zero-order valence-electron chi connectivity index (χ0n) is 15.7. The summed E-state index contributed by atoms with van der Waals surface area (Å²) in [5.74, 6) is 0.908. The van der Waals surface area contributed by atoms with E-state index >= 15 is 0 Å². The predicted molar refractivity (Wildman–Crippen MR) is 101 cm³/mol. The first-order chi connectivity index (χ1) is 13.1. The summed E-state index contributed by atoms with van der Waals surface area (Å²) in [7, 11) is 0. The number of carbonyl (C=O) groups is 2. The average Bonchev–Trinajstić information content (AvgIpc) is 3.39. The molecule has 1 aromatic carbocycles. The maximum atomic E-state index is 13.0. The molecule has 0 spiro atoms. The van der Waals surface area contributed by atoms with Crippen LogP contribution in [0.5, 0.6) is 0 Å². The van der Waals surface area contributed by atoms with E-state index in [0.29, 0.717) is 28.5 Å². The van der Waals surface area contributed by atoms with Crippen molar-refractivity contribution in [2.24, 2.45) is 5.92 Å². The van der Waals surface area contributed by atoms with E-state index < -0.39 is 0 Å². The normalized spacial score (nSPS) is 18.1. The zero-order valence-corrected chi connectivity index (χ0v) is 15.7. The van der Waals surface area contributed by atoms with Crippen LogP contribution in [-0.2, 0) is 0 Å². The van der Waals surface area contributed by atoms with Gasteiger partial charge in [-0.1, -0.05) is 25.1 Å². The molecule has 2 amide bonds. The van der Waals surface area contributed by atoms with Crippen LogP contribution in [0.2, 0.25) is 0 Å². The summed E-state index contributed by atoms with van der Waals surface area (Å²) in [5.41, 5.74) is 1.50. The maximum absolute atomic E-state index is 13.0. The van der Waals surface area contributed by atoms with E-state index in [4.69, 9.17) is 4.42 Å². The summed E-state index contributed by atoms with van der Waals surface area (Å²) < 4.78 is 5.61. The molecular formula is C21H25N3O3. The molecule has 3 heterocycles. The number of hydrogen-bond acceptors (Lipinski definition) is 4. The van der Waals surface area contributed by atoms with Gasteiger partial charge in [0.1, 0.15) is 0 Å². The van der Waals surface area contributed by atoms with Gasteiger partial charge in [-0.3, -0.25) is 9.59 Å². The summed E-state index contributed by atoms with van der Waals surface area (Å²) in [6.07, 6.45) is 5.37. The van der Waals surface area contributed by atoms with Gasteiger partial charge in [0.05, 0.1) is 5.56 Å². The quantitative estimate of drug-likeness (QED) is 0.833. The first kappa shape index (κ1) is 17.8. The van der Waals surface area contributed by atoms with Crippen molar-refractivity contribution < 1.29 is 14.0 Å². The first-order valence-electron chi connectivity index (χ1n) is 9.76. The lowest BCUT2D eigenvalue weighted by Crippen LogP contribution is -2.38. The second-order valence-electron chi connectivity index (χ2n) is 7.55. The van der Waals surface area contributed by atoms with Crippen LogP contribution < -0.4 is 0 Å². The fourth-order valence-corrected chi connectivity index (χ4v) is 3.91. The molecule has 142 valence electrons. The topological polar surface area (TPSA) is 66.7 Å². The third-order valence-electron chi connectivity index (χ3n) is 5.64. The average molecular weight is 367 g/mol. The molecule has 0 aliphatic carbocycles. The highest BCUT2D eigenvalue weighted by Gasteiger charge is 2.29. The number of aromatic nitrogens is 1. The van der Waals surface area contributed by atoms with E-state index in [2.05, 4.69) is 11.9 Å². The monoisotopic (exact) mass is 367 g/mol. The Hall–Kier alpha value is -2.63. The molecule has 2 aromatic rings. The van der Waals surface area contributed by atoms with Gasteiger partial charge in [-0.2, -0.15) is 0 Å². The minimum absolute atomic E-state index is 0.00954. The van der Waals surface area contributed by atoms with Gasteiger partial charge in [0.15, 0.2) is 17.8 Å². The maximum Gasteiger partial charge on any atom is 0.276 e. The van der Waals surface area contributed by atoms with Gasteiger partial charge in [0.2, 0.25) is 0 Å². The molecule has 0 unspecified atom stereocenters. The molecule has 0 bridgehead atoms. The number of rotatable bonds is 3. The van der Waals surface area contributed by atoms with Crippen LogP contribution in [0.15, 0.2) is 35.1 Å². The van der Waals surface area contributed by atoms with Crippen molar-refractivity contribution in [3.05, 3.63) is 41.9 Å².